The van der Waals surface area contributed by atoms with E-state index in [0.717, 1.165) is 5.52 Å². The van der Waals surface area contributed by atoms with Crippen LogP contribution in [0.15, 0.2) is 42.6 Å². The minimum atomic E-state index is -2.98. The SMILES string of the molecule is O=C(NCc1nnn2ccccc12)c1ccc(OC(F)F)c(Cl)c1. The summed E-state index contributed by atoms with van der Waals surface area (Å²) in [6, 6.07) is 9.31. The molecule has 124 valence electrons. The molecule has 1 amide bonds. The van der Waals surface area contributed by atoms with Gasteiger partial charge in [0.25, 0.3) is 5.91 Å². The van der Waals surface area contributed by atoms with Crippen molar-refractivity contribution in [1.82, 2.24) is 20.1 Å². The Morgan fingerprint density at radius 1 is 1.33 bits per heavy atom. The molecule has 0 aliphatic rings. The maximum atomic E-state index is 12.2. The van der Waals surface area contributed by atoms with Crippen LogP contribution in [0, 0.1) is 0 Å². The molecule has 2 aromatic heterocycles. The third-order valence-corrected chi connectivity index (χ3v) is 3.52. The number of fused-ring (bicyclic) bond motifs is 1. The number of benzene rings is 1. The summed E-state index contributed by atoms with van der Waals surface area (Å²) in [7, 11) is 0. The normalized spacial score (nSPS) is 11.0. The van der Waals surface area contributed by atoms with Gasteiger partial charge in [-0.2, -0.15) is 8.78 Å². The first kappa shape index (κ1) is 16.1. The fourth-order valence-electron chi connectivity index (χ4n) is 2.12. The molecule has 0 unspecified atom stereocenters. The molecule has 0 atom stereocenters. The molecule has 0 saturated carbocycles. The van der Waals surface area contributed by atoms with Crippen molar-refractivity contribution < 1.29 is 18.3 Å². The van der Waals surface area contributed by atoms with Gasteiger partial charge in [0.1, 0.15) is 11.4 Å². The smallest absolute Gasteiger partial charge is 0.387 e. The topological polar surface area (TPSA) is 68.5 Å². The number of pyridine rings is 1. The number of alkyl halides is 2. The number of amides is 1. The second-order valence-corrected chi connectivity index (χ2v) is 5.18. The highest BCUT2D eigenvalue weighted by Gasteiger charge is 2.13. The number of nitrogens with one attached hydrogen (secondary N) is 1. The van der Waals surface area contributed by atoms with Gasteiger partial charge in [-0.1, -0.05) is 22.9 Å². The van der Waals surface area contributed by atoms with Gasteiger partial charge in [0.05, 0.1) is 17.1 Å². The zero-order valence-corrected chi connectivity index (χ0v) is 12.9. The van der Waals surface area contributed by atoms with Crippen molar-refractivity contribution in [2.45, 2.75) is 13.2 Å². The standard InChI is InChI=1S/C15H11ClF2N4O2/c16-10-7-9(4-5-13(10)24-15(17)18)14(23)19-8-11-12-3-1-2-6-22(12)21-20-11/h1-7,15H,8H2,(H,19,23). The Kier molecular flexibility index (Phi) is 4.57. The predicted octanol–water partition coefficient (Wildman–Crippen LogP) is 2.91. The summed E-state index contributed by atoms with van der Waals surface area (Å²) in [5.41, 5.74) is 1.60. The highest BCUT2D eigenvalue weighted by atomic mass is 35.5. The number of carbonyl (C=O) groups is 1. The van der Waals surface area contributed by atoms with Crippen LogP contribution in [0.1, 0.15) is 16.1 Å². The summed E-state index contributed by atoms with van der Waals surface area (Å²) in [5, 5.41) is 10.5. The van der Waals surface area contributed by atoms with Gasteiger partial charge < -0.3 is 10.1 Å². The molecular formula is C15H11ClF2N4O2. The molecule has 3 rings (SSSR count). The van der Waals surface area contributed by atoms with E-state index in [0.29, 0.717) is 5.69 Å². The molecule has 6 nitrogen and oxygen atoms in total. The quantitative estimate of drug-likeness (QED) is 0.766. The van der Waals surface area contributed by atoms with Crippen LogP contribution in [0.2, 0.25) is 5.02 Å². The second-order valence-electron chi connectivity index (χ2n) is 4.77. The van der Waals surface area contributed by atoms with E-state index in [-0.39, 0.29) is 22.9 Å². The third kappa shape index (κ3) is 3.43. The molecule has 0 aliphatic carbocycles. The highest BCUT2D eigenvalue weighted by molar-refractivity contribution is 6.32. The van der Waals surface area contributed by atoms with Crippen LogP contribution >= 0.6 is 11.6 Å². The zero-order chi connectivity index (χ0) is 17.1. The van der Waals surface area contributed by atoms with E-state index < -0.39 is 12.5 Å². The van der Waals surface area contributed by atoms with E-state index in [1.165, 1.54) is 18.2 Å². The summed E-state index contributed by atoms with van der Waals surface area (Å²) in [4.78, 5) is 12.1. The monoisotopic (exact) mass is 352 g/mol. The maximum Gasteiger partial charge on any atom is 0.387 e. The Labute approximate surface area is 140 Å². The molecule has 0 spiro atoms. The first-order chi connectivity index (χ1) is 11.5. The Morgan fingerprint density at radius 2 is 2.17 bits per heavy atom. The first-order valence-corrected chi connectivity index (χ1v) is 7.24. The number of nitrogens with zero attached hydrogens (tertiary/aromatic N) is 3. The molecular weight excluding hydrogens is 342 g/mol. The number of ether oxygens (including phenoxy) is 1. The number of hydrogen-bond acceptors (Lipinski definition) is 4. The summed E-state index contributed by atoms with van der Waals surface area (Å²) in [6.45, 7) is -2.82. The fourth-order valence-corrected chi connectivity index (χ4v) is 2.35. The van der Waals surface area contributed by atoms with Crippen LogP contribution < -0.4 is 10.1 Å². The van der Waals surface area contributed by atoms with Crippen molar-refractivity contribution >= 4 is 23.0 Å². The lowest BCUT2D eigenvalue weighted by atomic mass is 10.2. The lowest BCUT2D eigenvalue weighted by Crippen LogP contribution is -2.23. The minimum absolute atomic E-state index is 0.0722. The summed E-state index contributed by atoms with van der Waals surface area (Å²) in [5.74, 6) is -0.606. The van der Waals surface area contributed by atoms with E-state index in [1.807, 2.05) is 18.2 Å². The number of halogens is 3. The van der Waals surface area contributed by atoms with Crippen molar-refractivity contribution in [3.8, 4) is 5.75 Å². The van der Waals surface area contributed by atoms with Gasteiger partial charge in [0.2, 0.25) is 0 Å². The van der Waals surface area contributed by atoms with Crippen molar-refractivity contribution in [3.05, 3.63) is 58.9 Å². The molecule has 2 heterocycles. The lowest BCUT2D eigenvalue weighted by Gasteiger charge is -2.08. The number of hydrogen-bond donors (Lipinski definition) is 1. The molecule has 0 radical (unpaired) electrons. The van der Waals surface area contributed by atoms with Gasteiger partial charge in [-0.05, 0) is 30.3 Å². The van der Waals surface area contributed by atoms with Crippen LogP contribution in [0.4, 0.5) is 8.78 Å². The van der Waals surface area contributed by atoms with Gasteiger partial charge in [-0.25, -0.2) is 4.52 Å². The van der Waals surface area contributed by atoms with E-state index in [9.17, 15) is 13.6 Å². The van der Waals surface area contributed by atoms with Crippen LogP contribution in [0.25, 0.3) is 5.52 Å². The molecule has 0 aliphatic heterocycles. The fraction of sp³-hybridized carbons (Fsp3) is 0.133. The largest absolute Gasteiger partial charge is 0.433 e. The van der Waals surface area contributed by atoms with Gasteiger partial charge in [0.15, 0.2) is 0 Å². The molecule has 1 aromatic carbocycles. The maximum absolute atomic E-state index is 12.2. The third-order valence-electron chi connectivity index (χ3n) is 3.22. The van der Waals surface area contributed by atoms with E-state index in [4.69, 9.17) is 11.6 Å². The van der Waals surface area contributed by atoms with Crippen LogP contribution in [-0.2, 0) is 6.54 Å². The van der Waals surface area contributed by atoms with Crippen LogP contribution in [-0.4, -0.2) is 27.3 Å². The number of aromatic nitrogens is 3. The number of carbonyl (C=O) groups excluding carboxylic acids is 1. The molecule has 0 fully saturated rings. The van der Waals surface area contributed by atoms with Gasteiger partial charge in [-0.3, -0.25) is 4.79 Å². The Morgan fingerprint density at radius 3 is 2.92 bits per heavy atom. The Hall–Kier alpha value is -2.74. The molecule has 3 aromatic rings. The Balaban J connectivity index is 1.70. The molecule has 9 heteroatoms. The van der Waals surface area contributed by atoms with Gasteiger partial charge in [0, 0.05) is 11.8 Å². The lowest BCUT2D eigenvalue weighted by molar-refractivity contribution is -0.0497. The van der Waals surface area contributed by atoms with E-state index in [2.05, 4.69) is 20.4 Å². The van der Waals surface area contributed by atoms with Crippen molar-refractivity contribution in [3.63, 3.8) is 0 Å². The number of rotatable bonds is 5. The first-order valence-electron chi connectivity index (χ1n) is 6.86. The molecule has 0 bridgehead atoms. The molecule has 1 N–H and O–H groups in total. The van der Waals surface area contributed by atoms with Crippen LogP contribution in [0.5, 0.6) is 5.75 Å². The van der Waals surface area contributed by atoms with E-state index >= 15 is 0 Å². The van der Waals surface area contributed by atoms with Crippen LogP contribution in [0.3, 0.4) is 0 Å². The summed E-state index contributed by atoms with van der Waals surface area (Å²) < 4.78 is 30.2. The average Bonchev–Trinajstić information content (AvgIpc) is 2.97. The molecule has 24 heavy (non-hydrogen) atoms. The van der Waals surface area contributed by atoms with Gasteiger partial charge in [-0.15, -0.1) is 5.10 Å². The van der Waals surface area contributed by atoms with Crippen molar-refractivity contribution in [2.75, 3.05) is 0 Å². The zero-order valence-electron chi connectivity index (χ0n) is 12.1. The minimum Gasteiger partial charge on any atom is -0.433 e. The second kappa shape index (κ2) is 6.79. The average molecular weight is 353 g/mol. The van der Waals surface area contributed by atoms with Gasteiger partial charge >= 0.3 is 6.61 Å². The highest BCUT2D eigenvalue weighted by Crippen LogP contribution is 2.26. The van der Waals surface area contributed by atoms with E-state index in [1.54, 1.807) is 10.7 Å². The predicted molar refractivity (Wildman–Crippen MR) is 82.2 cm³/mol. The van der Waals surface area contributed by atoms with Crippen molar-refractivity contribution in [2.24, 2.45) is 0 Å². The van der Waals surface area contributed by atoms with Crippen molar-refractivity contribution in [1.29, 1.82) is 0 Å². The summed E-state index contributed by atoms with van der Waals surface area (Å²) >= 11 is 5.83. The molecule has 0 saturated heterocycles. The Bertz CT molecular complexity index is 885. The summed E-state index contributed by atoms with van der Waals surface area (Å²) in [6.07, 6.45) is 1.75.